The van der Waals surface area contributed by atoms with Crippen molar-refractivity contribution in [3.05, 3.63) is 24.3 Å². The molecule has 0 aliphatic carbocycles. The van der Waals surface area contributed by atoms with Crippen molar-refractivity contribution < 1.29 is 4.79 Å². The summed E-state index contributed by atoms with van der Waals surface area (Å²) < 4.78 is 0. The maximum absolute atomic E-state index is 10.1. The Morgan fingerprint density at radius 1 is 0.850 bits per heavy atom. The predicted octanol–water partition coefficient (Wildman–Crippen LogP) is 6.39. The highest BCUT2D eigenvalue weighted by Gasteiger charge is 1.93. The lowest BCUT2D eigenvalue weighted by Crippen LogP contribution is -1.82. The van der Waals surface area contributed by atoms with Gasteiger partial charge < -0.3 is 4.79 Å². The highest BCUT2D eigenvalue weighted by molar-refractivity contribution is 5.48. The number of carbonyl (C=O) groups excluding carboxylic acids is 1. The summed E-state index contributed by atoms with van der Waals surface area (Å²) in [5.41, 5.74) is 1.38. The molecule has 0 saturated carbocycles. The maximum Gasteiger partial charge on any atom is 0.119 e. The van der Waals surface area contributed by atoms with E-state index in [2.05, 4.69) is 25.7 Å². The van der Waals surface area contributed by atoms with Crippen molar-refractivity contribution in [2.75, 3.05) is 0 Å². The summed E-state index contributed by atoms with van der Waals surface area (Å²) >= 11 is 0. The molecule has 0 N–H and O–H groups in total. The molecule has 116 valence electrons. The van der Waals surface area contributed by atoms with Crippen molar-refractivity contribution in [3.63, 3.8) is 0 Å². The van der Waals surface area contributed by atoms with Crippen LogP contribution in [0.5, 0.6) is 0 Å². The van der Waals surface area contributed by atoms with Gasteiger partial charge in [0.25, 0.3) is 0 Å². The molecule has 0 aromatic heterocycles. The molecule has 0 aromatic carbocycles. The van der Waals surface area contributed by atoms with Crippen molar-refractivity contribution in [1.82, 2.24) is 0 Å². The molecule has 0 spiro atoms. The van der Waals surface area contributed by atoms with Gasteiger partial charge >= 0.3 is 0 Å². The number of aldehydes is 1. The smallest absolute Gasteiger partial charge is 0.119 e. The highest BCUT2D eigenvalue weighted by atomic mass is 16.1. The minimum Gasteiger partial charge on any atom is -0.303 e. The number of carbonyl (C=O) groups is 1. The Kier molecular flexibility index (Phi) is 15.5. The second kappa shape index (κ2) is 16.2. The van der Waals surface area contributed by atoms with E-state index in [0.29, 0.717) is 0 Å². The summed E-state index contributed by atoms with van der Waals surface area (Å²) in [6.07, 6.45) is 21.2. The van der Waals surface area contributed by atoms with Crippen LogP contribution in [0.1, 0.15) is 90.4 Å². The van der Waals surface area contributed by atoms with Gasteiger partial charge in [0.2, 0.25) is 0 Å². The Morgan fingerprint density at radius 3 is 2.20 bits per heavy atom. The Morgan fingerprint density at radius 2 is 1.50 bits per heavy atom. The fourth-order valence-corrected chi connectivity index (χ4v) is 2.29. The molecule has 0 aliphatic rings. The lowest BCUT2D eigenvalue weighted by Gasteiger charge is -2.02. The molecule has 0 atom stereocenters. The van der Waals surface area contributed by atoms with Crippen molar-refractivity contribution in [1.29, 1.82) is 0 Å². The largest absolute Gasteiger partial charge is 0.303 e. The van der Waals surface area contributed by atoms with Gasteiger partial charge in [0.1, 0.15) is 6.29 Å². The zero-order valence-electron chi connectivity index (χ0n) is 13.5. The molecule has 0 radical (unpaired) electrons. The number of unbranched alkanes of at least 4 members (excludes halogenated alkanes) is 9. The van der Waals surface area contributed by atoms with Gasteiger partial charge in [-0.05, 0) is 38.5 Å². The topological polar surface area (TPSA) is 17.1 Å². The van der Waals surface area contributed by atoms with Crippen LogP contribution in [0.25, 0.3) is 0 Å². The number of rotatable bonds is 15. The van der Waals surface area contributed by atoms with Crippen molar-refractivity contribution in [2.45, 2.75) is 90.4 Å². The summed E-state index contributed by atoms with van der Waals surface area (Å²) in [6.45, 7) is 6.40. The van der Waals surface area contributed by atoms with E-state index in [0.717, 1.165) is 25.5 Å². The monoisotopic (exact) mass is 278 g/mol. The zero-order chi connectivity index (χ0) is 14.9. The Balaban J connectivity index is 3.25. The van der Waals surface area contributed by atoms with Gasteiger partial charge in [-0.25, -0.2) is 0 Å². The van der Waals surface area contributed by atoms with E-state index in [1.54, 1.807) is 0 Å². The average Bonchev–Trinajstić information content (AvgIpc) is 2.45. The van der Waals surface area contributed by atoms with E-state index in [1.807, 2.05) is 0 Å². The number of hydrogen-bond acceptors (Lipinski definition) is 1. The minimum atomic E-state index is 0.736. The summed E-state index contributed by atoms with van der Waals surface area (Å²) in [5.74, 6) is 0. The van der Waals surface area contributed by atoms with Crippen LogP contribution >= 0.6 is 0 Å². The van der Waals surface area contributed by atoms with Crippen LogP contribution in [0, 0.1) is 0 Å². The highest BCUT2D eigenvalue weighted by Crippen LogP contribution is 2.13. The van der Waals surface area contributed by atoms with Gasteiger partial charge in [-0.2, -0.15) is 0 Å². The van der Waals surface area contributed by atoms with Gasteiger partial charge in [0.15, 0.2) is 0 Å². The van der Waals surface area contributed by atoms with E-state index in [-0.39, 0.29) is 0 Å². The summed E-state index contributed by atoms with van der Waals surface area (Å²) in [7, 11) is 0. The molecule has 0 amide bonds. The molecule has 0 heterocycles. The fourth-order valence-electron chi connectivity index (χ4n) is 2.29. The number of hydrogen-bond donors (Lipinski definition) is 0. The van der Waals surface area contributed by atoms with E-state index in [1.165, 1.54) is 69.8 Å². The first-order valence-electron chi connectivity index (χ1n) is 8.56. The van der Waals surface area contributed by atoms with Gasteiger partial charge in [-0.3, -0.25) is 0 Å². The van der Waals surface area contributed by atoms with Gasteiger partial charge in [0.05, 0.1) is 0 Å². The average molecular weight is 278 g/mol. The minimum absolute atomic E-state index is 0.736. The van der Waals surface area contributed by atoms with Crippen LogP contribution in [0.15, 0.2) is 24.3 Å². The van der Waals surface area contributed by atoms with Crippen LogP contribution in [-0.2, 0) is 4.79 Å². The zero-order valence-corrected chi connectivity index (χ0v) is 13.5. The lowest BCUT2D eigenvalue weighted by molar-refractivity contribution is -0.107. The predicted molar refractivity (Wildman–Crippen MR) is 90.0 cm³/mol. The summed E-state index contributed by atoms with van der Waals surface area (Å²) in [5, 5.41) is 0. The third-order valence-corrected chi connectivity index (χ3v) is 3.65. The van der Waals surface area contributed by atoms with Gasteiger partial charge in [0, 0.05) is 6.42 Å². The van der Waals surface area contributed by atoms with E-state index in [4.69, 9.17) is 0 Å². The summed E-state index contributed by atoms with van der Waals surface area (Å²) in [4.78, 5) is 10.1. The molecule has 0 aliphatic heterocycles. The van der Waals surface area contributed by atoms with Crippen molar-refractivity contribution >= 4 is 6.29 Å². The third kappa shape index (κ3) is 15.2. The maximum atomic E-state index is 10.1. The van der Waals surface area contributed by atoms with Crippen LogP contribution in [0.2, 0.25) is 0 Å². The molecule has 20 heavy (non-hydrogen) atoms. The van der Waals surface area contributed by atoms with Crippen LogP contribution < -0.4 is 0 Å². The van der Waals surface area contributed by atoms with E-state index >= 15 is 0 Å². The Hall–Kier alpha value is -0.850. The van der Waals surface area contributed by atoms with E-state index in [9.17, 15) is 4.79 Å². The molecule has 0 aromatic rings. The summed E-state index contributed by atoms with van der Waals surface area (Å²) in [6, 6.07) is 0. The van der Waals surface area contributed by atoms with Crippen LogP contribution in [-0.4, -0.2) is 6.29 Å². The third-order valence-electron chi connectivity index (χ3n) is 3.65. The molecule has 0 fully saturated rings. The lowest BCUT2D eigenvalue weighted by atomic mass is 10.0. The first-order chi connectivity index (χ1) is 9.81. The van der Waals surface area contributed by atoms with Crippen LogP contribution in [0.4, 0.5) is 0 Å². The van der Waals surface area contributed by atoms with E-state index < -0.39 is 0 Å². The van der Waals surface area contributed by atoms with Crippen molar-refractivity contribution in [2.24, 2.45) is 0 Å². The molecule has 0 saturated heterocycles. The quantitative estimate of drug-likeness (QED) is 0.193. The molecule has 1 heteroatoms. The standard InChI is InChI=1S/C19H34O/c1-3-4-5-13-16-19(2)17-14-11-9-7-6-8-10-12-15-18-20/h11,14,18H,2-10,12-13,15-17H2,1H3/b14-11-. The molecular formula is C19H34O. The molecule has 0 rings (SSSR count). The Bertz CT molecular complexity index is 252. The molecule has 0 bridgehead atoms. The SMILES string of the molecule is C=C(C/C=C\CCCCCCCC=O)CCCCCC. The fraction of sp³-hybridized carbons (Fsp3) is 0.737. The second-order valence-corrected chi connectivity index (χ2v) is 5.75. The number of allylic oxidation sites excluding steroid dienone is 3. The molecule has 0 unspecified atom stereocenters. The van der Waals surface area contributed by atoms with Gasteiger partial charge in [-0.15, -0.1) is 0 Å². The van der Waals surface area contributed by atoms with Crippen LogP contribution in [0.3, 0.4) is 0 Å². The molecule has 1 nitrogen and oxygen atoms in total. The molecular weight excluding hydrogens is 244 g/mol. The Labute approximate surface area is 126 Å². The van der Waals surface area contributed by atoms with Gasteiger partial charge in [-0.1, -0.05) is 69.8 Å². The first kappa shape index (κ1) is 19.1. The van der Waals surface area contributed by atoms with Crippen molar-refractivity contribution in [3.8, 4) is 0 Å². The normalized spacial score (nSPS) is 11.1. The first-order valence-corrected chi connectivity index (χ1v) is 8.56. The second-order valence-electron chi connectivity index (χ2n) is 5.75.